The van der Waals surface area contributed by atoms with Crippen LogP contribution < -0.4 is 0 Å². The summed E-state index contributed by atoms with van der Waals surface area (Å²) in [5, 5.41) is 3.97. The lowest BCUT2D eigenvalue weighted by molar-refractivity contribution is 0.192. The van der Waals surface area contributed by atoms with Crippen LogP contribution in [0.15, 0.2) is 28.8 Å². The molecule has 0 spiro atoms. The number of aryl methyl sites for hydroxylation is 2. The number of hydrogen-bond donors (Lipinski definition) is 0. The van der Waals surface area contributed by atoms with Crippen LogP contribution in [0.3, 0.4) is 0 Å². The SMILES string of the molecule is Fc1ccccc1CCc1nc(C2CCOC2)no1. The van der Waals surface area contributed by atoms with Crippen LogP contribution in [-0.2, 0) is 17.6 Å². The van der Waals surface area contributed by atoms with Gasteiger partial charge in [-0.1, -0.05) is 23.4 Å². The van der Waals surface area contributed by atoms with E-state index in [2.05, 4.69) is 10.1 Å². The molecule has 0 N–H and O–H groups in total. The lowest BCUT2D eigenvalue weighted by Crippen LogP contribution is -2.00. The van der Waals surface area contributed by atoms with Gasteiger partial charge < -0.3 is 9.26 Å². The Morgan fingerprint density at radius 2 is 2.16 bits per heavy atom. The standard InChI is InChI=1S/C14H15FN2O2/c15-12-4-2-1-3-10(12)5-6-13-16-14(17-19-13)11-7-8-18-9-11/h1-4,11H,5-9H2. The van der Waals surface area contributed by atoms with E-state index < -0.39 is 0 Å². The molecule has 0 bridgehead atoms. The van der Waals surface area contributed by atoms with Gasteiger partial charge in [0.05, 0.1) is 6.61 Å². The number of nitrogens with zero attached hydrogens (tertiary/aromatic N) is 2. The van der Waals surface area contributed by atoms with E-state index in [9.17, 15) is 4.39 Å². The highest BCUT2D eigenvalue weighted by molar-refractivity contribution is 5.17. The second-order valence-corrected chi connectivity index (χ2v) is 4.70. The summed E-state index contributed by atoms with van der Waals surface area (Å²) in [6.45, 7) is 1.41. The number of hydrogen-bond acceptors (Lipinski definition) is 4. The van der Waals surface area contributed by atoms with Gasteiger partial charge in [-0.2, -0.15) is 4.98 Å². The molecule has 1 fully saturated rings. The average molecular weight is 262 g/mol. The Bertz CT molecular complexity index is 550. The van der Waals surface area contributed by atoms with Crippen molar-refractivity contribution < 1.29 is 13.7 Å². The summed E-state index contributed by atoms with van der Waals surface area (Å²) < 4.78 is 24.0. The molecule has 4 nitrogen and oxygen atoms in total. The molecule has 1 unspecified atom stereocenters. The maximum Gasteiger partial charge on any atom is 0.226 e. The van der Waals surface area contributed by atoms with Crippen LogP contribution in [0.1, 0.15) is 29.6 Å². The monoisotopic (exact) mass is 262 g/mol. The van der Waals surface area contributed by atoms with Gasteiger partial charge in [-0.3, -0.25) is 0 Å². The molecule has 0 radical (unpaired) electrons. The van der Waals surface area contributed by atoms with Crippen molar-refractivity contribution in [3.63, 3.8) is 0 Å². The number of aromatic nitrogens is 2. The van der Waals surface area contributed by atoms with Gasteiger partial charge in [0.1, 0.15) is 5.82 Å². The molecule has 1 aromatic heterocycles. The van der Waals surface area contributed by atoms with Crippen LogP contribution >= 0.6 is 0 Å². The first-order valence-corrected chi connectivity index (χ1v) is 6.46. The Morgan fingerprint density at radius 3 is 2.95 bits per heavy atom. The summed E-state index contributed by atoms with van der Waals surface area (Å²) in [7, 11) is 0. The molecule has 0 amide bonds. The maximum atomic E-state index is 13.5. The number of benzene rings is 1. The van der Waals surface area contributed by atoms with Crippen molar-refractivity contribution in [3.8, 4) is 0 Å². The largest absolute Gasteiger partial charge is 0.381 e. The Kier molecular flexibility index (Phi) is 3.55. The molecule has 2 aromatic rings. The molecule has 100 valence electrons. The van der Waals surface area contributed by atoms with Gasteiger partial charge in [0.15, 0.2) is 5.82 Å². The summed E-state index contributed by atoms with van der Waals surface area (Å²) in [6.07, 6.45) is 2.06. The predicted octanol–water partition coefficient (Wildman–Crippen LogP) is 2.50. The predicted molar refractivity (Wildman–Crippen MR) is 66.3 cm³/mol. The van der Waals surface area contributed by atoms with Crippen molar-refractivity contribution in [2.24, 2.45) is 0 Å². The quantitative estimate of drug-likeness (QED) is 0.849. The second-order valence-electron chi connectivity index (χ2n) is 4.70. The third kappa shape index (κ3) is 2.81. The normalized spacial score (nSPS) is 18.9. The first-order valence-electron chi connectivity index (χ1n) is 6.46. The molecule has 1 atom stereocenters. The first kappa shape index (κ1) is 12.3. The van der Waals surface area contributed by atoms with E-state index in [1.165, 1.54) is 6.07 Å². The Hall–Kier alpha value is -1.75. The first-order chi connectivity index (χ1) is 9.33. The molecule has 1 aliphatic rings. The lowest BCUT2D eigenvalue weighted by atomic mass is 10.1. The fraction of sp³-hybridized carbons (Fsp3) is 0.429. The zero-order valence-electron chi connectivity index (χ0n) is 10.5. The summed E-state index contributed by atoms with van der Waals surface area (Å²) in [4.78, 5) is 4.36. The minimum atomic E-state index is -0.188. The van der Waals surface area contributed by atoms with Gasteiger partial charge in [-0.05, 0) is 24.5 Å². The molecule has 2 heterocycles. The van der Waals surface area contributed by atoms with E-state index in [4.69, 9.17) is 9.26 Å². The van der Waals surface area contributed by atoms with Crippen LogP contribution in [0, 0.1) is 5.82 Å². The van der Waals surface area contributed by atoms with Gasteiger partial charge in [0, 0.05) is 18.9 Å². The van der Waals surface area contributed by atoms with E-state index in [0.717, 1.165) is 13.0 Å². The molecule has 0 saturated carbocycles. The van der Waals surface area contributed by atoms with E-state index in [1.54, 1.807) is 12.1 Å². The minimum Gasteiger partial charge on any atom is -0.381 e. The maximum absolute atomic E-state index is 13.5. The van der Waals surface area contributed by atoms with Crippen molar-refractivity contribution in [1.82, 2.24) is 10.1 Å². The van der Waals surface area contributed by atoms with Gasteiger partial charge in [0.2, 0.25) is 5.89 Å². The lowest BCUT2D eigenvalue weighted by Gasteiger charge is -2.00. The number of ether oxygens (including phenoxy) is 1. The third-order valence-corrected chi connectivity index (χ3v) is 3.34. The highest BCUT2D eigenvalue weighted by Gasteiger charge is 2.22. The Balaban J connectivity index is 1.63. The van der Waals surface area contributed by atoms with Crippen LogP contribution in [0.2, 0.25) is 0 Å². The van der Waals surface area contributed by atoms with Crippen molar-refractivity contribution >= 4 is 0 Å². The van der Waals surface area contributed by atoms with Crippen LogP contribution in [0.4, 0.5) is 4.39 Å². The highest BCUT2D eigenvalue weighted by Crippen LogP contribution is 2.22. The molecule has 19 heavy (non-hydrogen) atoms. The van der Waals surface area contributed by atoms with Crippen molar-refractivity contribution in [2.45, 2.75) is 25.2 Å². The Labute approximate surface area is 110 Å². The molecular weight excluding hydrogens is 247 g/mol. The average Bonchev–Trinajstić information content (AvgIpc) is 3.09. The summed E-state index contributed by atoms with van der Waals surface area (Å²) in [5.74, 6) is 1.32. The van der Waals surface area contributed by atoms with Crippen LogP contribution in [-0.4, -0.2) is 23.4 Å². The zero-order valence-corrected chi connectivity index (χ0v) is 10.5. The van der Waals surface area contributed by atoms with E-state index in [1.807, 2.05) is 6.07 Å². The van der Waals surface area contributed by atoms with Crippen LogP contribution in [0.25, 0.3) is 0 Å². The third-order valence-electron chi connectivity index (χ3n) is 3.34. The zero-order chi connectivity index (χ0) is 13.1. The van der Waals surface area contributed by atoms with Gasteiger partial charge in [0.25, 0.3) is 0 Å². The second kappa shape index (κ2) is 5.48. The van der Waals surface area contributed by atoms with E-state index in [0.29, 0.717) is 36.7 Å². The van der Waals surface area contributed by atoms with Gasteiger partial charge in [-0.15, -0.1) is 0 Å². The van der Waals surface area contributed by atoms with Gasteiger partial charge in [-0.25, -0.2) is 4.39 Å². The minimum absolute atomic E-state index is 0.188. The van der Waals surface area contributed by atoms with Crippen molar-refractivity contribution in [3.05, 3.63) is 47.4 Å². The highest BCUT2D eigenvalue weighted by atomic mass is 19.1. The summed E-state index contributed by atoms with van der Waals surface area (Å²) in [5.41, 5.74) is 0.673. The topological polar surface area (TPSA) is 48.2 Å². The van der Waals surface area contributed by atoms with Gasteiger partial charge >= 0.3 is 0 Å². The molecule has 5 heteroatoms. The fourth-order valence-corrected chi connectivity index (χ4v) is 2.22. The summed E-state index contributed by atoms with van der Waals surface area (Å²) in [6, 6.07) is 6.75. The molecule has 3 rings (SSSR count). The van der Waals surface area contributed by atoms with E-state index >= 15 is 0 Å². The fourth-order valence-electron chi connectivity index (χ4n) is 2.22. The van der Waals surface area contributed by atoms with Crippen LogP contribution in [0.5, 0.6) is 0 Å². The van der Waals surface area contributed by atoms with E-state index in [-0.39, 0.29) is 11.7 Å². The number of halogens is 1. The summed E-state index contributed by atoms with van der Waals surface area (Å²) >= 11 is 0. The molecule has 1 saturated heterocycles. The molecule has 1 aromatic carbocycles. The molecule has 1 aliphatic heterocycles. The van der Waals surface area contributed by atoms with Crippen molar-refractivity contribution in [1.29, 1.82) is 0 Å². The number of rotatable bonds is 4. The molecular formula is C14H15FN2O2. The van der Waals surface area contributed by atoms with Crippen molar-refractivity contribution in [2.75, 3.05) is 13.2 Å². The molecule has 0 aliphatic carbocycles. The Morgan fingerprint density at radius 1 is 1.26 bits per heavy atom. The smallest absolute Gasteiger partial charge is 0.226 e.